The van der Waals surface area contributed by atoms with Gasteiger partial charge in [0.2, 0.25) is 5.91 Å². The molecule has 0 aliphatic heterocycles. The number of ether oxygens (including phenoxy) is 2. The highest BCUT2D eigenvalue weighted by atomic mass is 127. The first-order chi connectivity index (χ1) is 12.9. The SMILES string of the molecule is CCCOc1c(I)cc(/C=N/NC(=O)Cc2ccc(C)cc2C)cc1OC. The number of nitrogens with zero attached hydrogens (tertiary/aromatic N) is 1. The van der Waals surface area contributed by atoms with Gasteiger partial charge in [-0.05, 0) is 71.7 Å². The Labute approximate surface area is 174 Å². The second-order valence-electron chi connectivity index (χ2n) is 6.28. The molecule has 144 valence electrons. The van der Waals surface area contributed by atoms with Crippen LogP contribution in [0.3, 0.4) is 0 Å². The van der Waals surface area contributed by atoms with E-state index < -0.39 is 0 Å². The average molecular weight is 480 g/mol. The number of hydrazone groups is 1. The van der Waals surface area contributed by atoms with Gasteiger partial charge in [-0.15, -0.1) is 0 Å². The molecule has 0 radical (unpaired) electrons. The van der Waals surface area contributed by atoms with E-state index in [4.69, 9.17) is 9.47 Å². The van der Waals surface area contributed by atoms with Crippen molar-refractivity contribution >= 4 is 34.7 Å². The van der Waals surface area contributed by atoms with Crippen LogP contribution in [0.1, 0.15) is 35.6 Å². The van der Waals surface area contributed by atoms with Crippen molar-refractivity contribution in [3.63, 3.8) is 0 Å². The second kappa shape index (κ2) is 10.3. The summed E-state index contributed by atoms with van der Waals surface area (Å²) in [4.78, 5) is 12.1. The maximum absolute atomic E-state index is 12.1. The minimum absolute atomic E-state index is 0.150. The first-order valence-corrected chi connectivity index (χ1v) is 9.90. The maximum Gasteiger partial charge on any atom is 0.244 e. The Morgan fingerprint density at radius 3 is 2.70 bits per heavy atom. The van der Waals surface area contributed by atoms with Crippen LogP contribution in [0.5, 0.6) is 11.5 Å². The Morgan fingerprint density at radius 1 is 1.26 bits per heavy atom. The smallest absolute Gasteiger partial charge is 0.244 e. The maximum atomic E-state index is 12.1. The Hall–Kier alpha value is -2.09. The van der Waals surface area contributed by atoms with E-state index in [2.05, 4.69) is 46.1 Å². The number of benzene rings is 2. The van der Waals surface area contributed by atoms with E-state index >= 15 is 0 Å². The molecule has 2 aromatic rings. The van der Waals surface area contributed by atoms with Crippen LogP contribution in [-0.4, -0.2) is 25.8 Å². The third-order valence-corrected chi connectivity index (χ3v) is 4.76. The fourth-order valence-electron chi connectivity index (χ4n) is 2.59. The molecule has 5 nitrogen and oxygen atoms in total. The van der Waals surface area contributed by atoms with Gasteiger partial charge in [0, 0.05) is 0 Å². The number of aryl methyl sites for hydroxylation is 2. The van der Waals surface area contributed by atoms with Crippen LogP contribution in [0.4, 0.5) is 0 Å². The summed E-state index contributed by atoms with van der Waals surface area (Å²) < 4.78 is 12.1. The second-order valence-corrected chi connectivity index (χ2v) is 7.44. The van der Waals surface area contributed by atoms with Gasteiger partial charge in [0.1, 0.15) is 0 Å². The van der Waals surface area contributed by atoms with Crippen molar-refractivity contribution in [2.45, 2.75) is 33.6 Å². The molecule has 6 heteroatoms. The summed E-state index contributed by atoms with van der Waals surface area (Å²) in [6.45, 7) is 6.74. The Balaban J connectivity index is 2.02. The van der Waals surface area contributed by atoms with E-state index in [1.807, 2.05) is 38.1 Å². The van der Waals surface area contributed by atoms with E-state index in [9.17, 15) is 4.79 Å². The zero-order valence-electron chi connectivity index (χ0n) is 16.1. The van der Waals surface area contributed by atoms with Gasteiger partial charge in [-0.3, -0.25) is 4.79 Å². The molecule has 0 aliphatic carbocycles. The zero-order valence-corrected chi connectivity index (χ0v) is 18.3. The van der Waals surface area contributed by atoms with Gasteiger partial charge < -0.3 is 9.47 Å². The number of carbonyl (C=O) groups is 1. The highest BCUT2D eigenvalue weighted by Gasteiger charge is 2.11. The molecule has 1 N–H and O–H groups in total. The molecule has 0 aliphatic rings. The van der Waals surface area contributed by atoms with Crippen LogP contribution in [0.15, 0.2) is 35.4 Å². The number of nitrogens with one attached hydrogen (secondary N) is 1. The number of rotatable bonds is 8. The number of hydrogen-bond donors (Lipinski definition) is 1. The van der Waals surface area contributed by atoms with Crippen molar-refractivity contribution in [3.8, 4) is 11.5 Å². The highest BCUT2D eigenvalue weighted by molar-refractivity contribution is 14.1. The van der Waals surface area contributed by atoms with Gasteiger partial charge in [0.05, 0.1) is 29.9 Å². The van der Waals surface area contributed by atoms with Crippen molar-refractivity contribution < 1.29 is 14.3 Å². The lowest BCUT2D eigenvalue weighted by Crippen LogP contribution is -2.20. The molecular weight excluding hydrogens is 455 g/mol. The molecule has 1 amide bonds. The number of amides is 1. The molecule has 2 aromatic carbocycles. The Bertz CT molecular complexity index is 834. The van der Waals surface area contributed by atoms with E-state index in [1.165, 1.54) is 5.56 Å². The zero-order chi connectivity index (χ0) is 19.8. The lowest BCUT2D eigenvalue weighted by atomic mass is 10.0. The van der Waals surface area contributed by atoms with E-state index in [1.54, 1.807) is 13.3 Å². The predicted octanol–water partition coefficient (Wildman–Crippen LogP) is 4.40. The summed E-state index contributed by atoms with van der Waals surface area (Å²) in [5, 5.41) is 4.07. The summed E-state index contributed by atoms with van der Waals surface area (Å²) >= 11 is 2.21. The van der Waals surface area contributed by atoms with Crippen LogP contribution in [0.25, 0.3) is 0 Å². The van der Waals surface area contributed by atoms with Crippen molar-refractivity contribution in [3.05, 3.63) is 56.2 Å². The van der Waals surface area contributed by atoms with Gasteiger partial charge in [0.25, 0.3) is 0 Å². The molecule has 0 saturated carbocycles. The average Bonchev–Trinajstić information content (AvgIpc) is 2.63. The topological polar surface area (TPSA) is 59.9 Å². The van der Waals surface area contributed by atoms with Crippen LogP contribution >= 0.6 is 22.6 Å². The molecular formula is C21H25IN2O3. The van der Waals surface area contributed by atoms with Gasteiger partial charge in [0.15, 0.2) is 11.5 Å². The van der Waals surface area contributed by atoms with Gasteiger partial charge in [-0.1, -0.05) is 30.7 Å². The standard InChI is InChI=1S/C21H25IN2O3/c1-5-8-27-21-18(22)10-16(11-19(21)26-4)13-23-24-20(25)12-17-7-6-14(2)9-15(17)3/h6-7,9-11,13H,5,8,12H2,1-4H3,(H,24,25)/b23-13+. The lowest BCUT2D eigenvalue weighted by Gasteiger charge is -2.12. The molecule has 0 atom stereocenters. The Morgan fingerprint density at radius 2 is 2.04 bits per heavy atom. The van der Waals surface area contributed by atoms with Crippen LogP contribution in [0, 0.1) is 17.4 Å². The summed E-state index contributed by atoms with van der Waals surface area (Å²) in [5.41, 5.74) is 6.70. The summed E-state index contributed by atoms with van der Waals surface area (Å²) in [5.74, 6) is 1.23. The monoisotopic (exact) mass is 480 g/mol. The van der Waals surface area contributed by atoms with Gasteiger partial charge in [-0.2, -0.15) is 5.10 Å². The fourth-order valence-corrected chi connectivity index (χ4v) is 3.38. The molecule has 0 aromatic heterocycles. The molecule has 0 fully saturated rings. The van der Waals surface area contributed by atoms with Crippen molar-refractivity contribution in [1.29, 1.82) is 0 Å². The molecule has 0 bridgehead atoms. The highest BCUT2D eigenvalue weighted by Crippen LogP contribution is 2.33. The summed E-state index contributed by atoms with van der Waals surface area (Å²) in [7, 11) is 1.61. The van der Waals surface area contributed by atoms with Crippen LogP contribution in [-0.2, 0) is 11.2 Å². The first kappa shape index (κ1) is 21.2. The lowest BCUT2D eigenvalue weighted by molar-refractivity contribution is -0.120. The van der Waals surface area contributed by atoms with E-state index in [0.717, 1.165) is 32.4 Å². The van der Waals surface area contributed by atoms with Crippen LogP contribution < -0.4 is 14.9 Å². The molecule has 0 saturated heterocycles. The minimum Gasteiger partial charge on any atom is -0.493 e. The van der Waals surface area contributed by atoms with Gasteiger partial charge >= 0.3 is 0 Å². The number of carbonyl (C=O) groups excluding carboxylic acids is 1. The molecule has 2 rings (SSSR count). The normalized spacial score (nSPS) is 10.9. The number of methoxy groups -OCH3 is 1. The molecule has 27 heavy (non-hydrogen) atoms. The van der Waals surface area contributed by atoms with Crippen LogP contribution in [0.2, 0.25) is 0 Å². The first-order valence-electron chi connectivity index (χ1n) is 8.83. The fraction of sp³-hybridized carbons (Fsp3) is 0.333. The minimum atomic E-state index is -0.150. The number of halogens is 1. The van der Waals surface area contributed by atoms with Crippen molar-refractivity contribution in [2.24, 2.45) is 5.10 Å². The quantitative estimate of drug-likeness (QED) is 0.346. The Kier molecular flexibility index (Phi) is 8.09. The largest absolute Gasteiger partial charge is 0.493 e. The van der Waals surface area contributed by atoms with Crippen molar-refractivity contribution in [1.82, 2.24) is 5.43 Å². The molecule has 0 spiro atoms. The third kappa shape index (κ3) is 6.23. The summed E-state index contributed by atoms with van der Waals surface area (Å²) in [6, 6.07) is 9.84. The van der Waals surface area contributed by atoms with E-state index in [0.29, 0.717) is 18.8 Å². The summed E-state index contributed by atoms with van der Waals surface area (Å²) in [6.07, 6.45) is 2.83. The van der Waals surface area contributed by atoms with E-state index in [-0.39, 0.29) is 5.91 Å². The molecule has 0 unspecified atom stereocenters. The van der Waals surface area contributed by atoms with Gasteiger partial charge in [-0.25, -0.2) is 5.43 Å². The third-order valence-electron chi connectivity index (χ3n) is 3.95. The predicted molar refractivity (Wildman–Crippen MR) is 117 cm³/mol. The molecule has 0 heterocycles. The van der Waals surface area contributed by atoms with Crippen molar-refractivity contribution in [2.75, 3.05) is 13.7 Å². The number of hydrogen-bond acceptors (Lipinski definition) is 4.